The van der Waals surface area contributed by atoms with Crippen LogP contribution in [0.2, 0.25) is 0 Å². The highest BCUT2D eigenvalue weighted by Crippen LogP contribution is 2.47. The van der Waals surface area contributed by atoms with E-state index in [9.17, 15) is 18.0 Å². The molecular formula is C29H30N2O5S. The minimum Gasteiger partial charge on any atom is -0.497 e. The van der Waals surface area contributed by atoms with Crippen LogP contribution in [0.3, 0.4) is 0 Å². The molecule has 1 N–H and O–H groups in total. The van der Waals surface area contributed by atoms with Crippen LogP contribution >= 0.6 is 0 Å². The number of hydrogen-bond donors (Lipinski definition) is 1. The predicted molar refractivity (Wildman–Crippen MR) is 143 cm³/mol. The lowest BCUT2D eigenvalue weighted by molar-refractivity contribution is -0.105. The Morgan fingerprint density at radius 1 is 1.05 bits per heavy atom. The Bertz CT molecular complexity index is 1560. The molecule has 2 aliphatic carbocycles. The largest absolute Gasteiger partial charge is 0.497 e. The highest BCUT2D eigenvalue weighted by molar-refractivity contribution is 7.91. The smallest absolute Gasteiger partial charge is 0.264 e. The second-order valence-corrected chi connectivity index (χ2v) is 12.3. The number of fused-ring (bicyclic) bond motifs is 5. The number of methoxy groups -OCH3 is 1. The Balaban J connectivity index is 1.56. The summed E-state index contributed by atoms with van der Waals surface area (Å²) in [6.45, 7) is 0.366. The van der Waals surface area contributed by atoms with Crippen LogP contribution < -0.4 is 9.46 Å². The van der Waals surface area contributed by atoms with Gasteiger partial charge in [-0.3, -0.25) is 9.59 Å². The van der Waals surface area contributed by atoms with Crippen molar-refractivity contribution in [2.75, 3.05) is 7.11 Å². The number of allylic oxidation sites excluding steroid dienone is 1. The standard InChI is InChI=1S/C29H30N2O5S/c1-36-22-8-12-24-21(14-22)13-18(17-32)16-31-26-15-20(29(33)30-37(34,35)23-9-10-23)7-11-25(26)27(28(24)31)19-5-3-2-4-6-19/h7-8,11-15,17,19,23H,2-6,9-10,16H2,1H3,(H,30,33). The summed E-state index contributed by atoms with van der Waals surface area (Å²) < 4.78 is 34.7. The van der Waals surface area contributed by atoms with E-state index < -0.39 is 21.2 Å². The van der Waals surface area contributed by atoms with Gasteiger partial charge in [0.2, 0.25) is 10.0 Å². The minimum atomic E-state index is -3.66. The SMILES string of the molecule is COc1ccc2c(c1)C=C(C=O)Cn1c-2c(C2CCCCC2)c2ccc(C(=O)NS(=O)(=O)C3CC3)cc21. The van der Waals surface area contributed by atoms with Crippen LogP contribution in [0.1, 0.15) is 72.3 Å². The van der Waals surface area contributed by atoms with Crippen molar-refractivity contribution in [1.29, 1.82) is 0 Å². The molecule has 0 bridgehead atoms. The molecule has 192 valence electrons. The normalized spacial score (nSPS) is 17.9. The zero-order chi connectivity index (χ0) is 25.7. The number of benzene rings is 2. The molecule has 1 aromatic heterocycles. The number of ether oxygens (including phenoxy) is 1. The first-order chi connectivity index (χ1) is 17.9. The van der Waals surface area contributed by atoms with Gasteiger partial charge < -0.3 is 9.30 Å². The summed E-state index contributed by atoms with van der Waals surface area (Å²) in [5.41, 5.74) is 6.01. The third-order valence-electron chi connectivity index (χ3n) is 7.92. The molecule has 0 spiro atoms. The molecule has 2 aromatic carbocycles. The molecule has 2 fully saturated rings. The van der Waals surface area contributed by atoms with Gasteiger partial charge in [0.25, 0.3) is 5.91 Å². The van der Waals surface area contributed by atoms with Gasteiger partial charge in [-0.1, -0.05) is 25.3 Å². The molecule has 0 radical (unpaired) electrons. The number of carbonyl (C=O) groups is 2. The van der Waals surface area contributed by atoms with Gasteiger partial charge in [-0.25, -0.2) is 13.1 Å². The maximum Gasteiger partial charge on any atom is 0.264 e. The van der Waals surface area contributed by atoms with Crippen molar-refractivity contribution in [3.8, 4) is 17.0 Å². The average molecular weight is 519 g/mol. The zero-order valence-corrected chi connectivity index (χ0v) is 21.6. The lowest BCUT2D eigenvalue weighted by Gasteiger charge is -2.24. The van der Waals surface area contributed by atoms with E-state index in [2.05, 4.69) is 9.29 Å². The van der Waals surface area contributed by atoms with E-state index in [1.54, 1.807) is 19.2 Å². The van der Waals surface area contributed by atoms with Crippen molar-refractivity contribution in [1.82, 2.24) is 9.29 Å². The maximum atomic E-state index is 13.0. The average Bonchev–Trinajstić information content (AvgIpc) is 3.74. The predicted octanol–water partition coefficient (Wildman–Crippen LogP) is 5.18. The van der Waals surface area contributed by atoms with E-state index in [4.69, 9.17) is 4.74 Å². The van der Waals surface area contributed by atoms with Gasteiger partial charge in [0.15, 0.2) is 0 Å². The lowest BCUT2D eigenvalue weighted by Crippen LogP contribution is -2.33. The van der Waals surface area contributed by atoms with Crippen molar-refractivity contribution in [2.45, 2.75) is 62.7 Å². The van der Waals surface area contributed by atoms with E-state index in [1.165, 1.54) is 24.8 Å². The first-order valence-electron chi connectivity index (χ1n) is 13.0. The van der Waals surface area contributed by atoms with Crippen molar-refractivity contribution in [3.63, 3.8) is 0 Å². The van der Waals surface area contributed by atoms with E-state index in [1.807, 2.05) is 30.3 Å². The second kappa shape index (κ2) is 9.17. The molecule has 0 atom stereocenters. The first-order valence-corrected chi connectivity index (χ1v) is 14.5. The van der Waals surface area contributed by atoms with E-state index in [0.29, 0.717) is 36.4 Å². The number of aldehydes is 1. The Labute approximate surface area is 216 Å². The molecule has 2 heterocycles. The number of sulfonamides is 1. The van der Waals surface area contributed by atoms with Gasteiger partial charge in [0.05, 0.1) is 24.6 Å². The lowest BCUT2D eigenvalue weighted by atomic mass is 9.81. The zero-order valence-electron chi connectivity index (χ0n) is 20.8. The van der Waals surface area contributed by atoms with Crippen LogP contribution in [0, 0.1) is 0 Å². The highest BCUT2D eigenvalue weighted by Gasteiger charge is 2.37. The Morgan fingerprint density at radius 2 is 1.84 bits per heavy atom. The van der Waals surface area contributed by atoms with E-state index in [0.717, 1.165) is 52.6 Å². The maximum absolute atomic E-state index is 13.0. The fourth-order valence-corrected chi connectivity index (χ4v) is 7.23. The Hall–Kier alpha value is -3.39. The summed E-state index contributed by atoms with van der Waals surface area (Å²) in [5, 5.41) is 0.578. The number of amides is 1. The molecule has 0 unspecified atom stereocenters. The third kappa shape index (κ3) is 4.27. The van der Waals surface area contributed by atoms with E-state index >= 15 is 0 Å². The Morgan fingerprint density at radius 3 is 2.54 bits per heavy atom. The van der Waals surface area contributed by atoms with Gasteiger partial charge in [0.1, 0.15) is 12.0 Å². The second-order valence-electron chi connectivity index (χ2n) is 10.4. The van der Waals surface area contributed by atoms with Gasteiger partial charge in [-0.05, 0) is 79.1 Å². The molecule has 0 saturated heterocycles. The topological polar surface area (TPSA) is 94.5 Å². The monoisotopic (exact) mass is 518 g/mol. The van der Waals surface area contributed by atoms with Crippen LogP contribution in [-0.4, -0.2) is 37.5 Å². The number of hydrogen-bond acceptors (Lipinski definition) is 5. The number of aromatic nitrogens is 1. The molecule has 1 amide bonds. The summed E-state index contributed by atoms with van der Waals surface area (Å²) in [7, 11) is -2.03. The molecule has 1 aliphatic heterocycles. The summed E-state index contributed by atoms with van der Waals surface area (Å²) in [5.74, 6) is 0.475. The van der Waals surface area contributed by atoms with Gasteiger partial charge in [-0.15, -0.1) is 0 Å². The molecule has 6 rings (SSSR count). The van der Waals surface area contributed by atoms with Crippen LogP contribution in [-0.2, 0) is 21.4 Å². The fraction of sp³-hybridized carbons (Fsp3) is 0.379. The quantitative estimate of drug-likeness (QED) is 0.454. The number of nitrogens with one attached hydrogen (secondary N) is 1. The number of nitrogens with zero attached hydrogens (tertiary/aromatic N) is 1. The van der Waals surface area contributed by atoms with Gasteiger partial charge >= 0.3 is 0 Å². The van der Waals surface area contributed by atoms with Crippen molar-refractivity contribution in [2.24, 2.45) is 0 Å². The summed E-state index contributed by atoms with van der Waals surface area (Å²) in [6, 6.07) is 11.4. The van der Waals surface area contributed by atoms with E-state index in [-0.39, 0.29) is 0 Å². The number of rotatable bonds is 6. The summed E-state index contributed by atoms with van der Waals surface area (Å²) >= 11 is 0. The van der Waals surface area contributed by atoms with Crippen molar-refractivity contribution >= 4 is 39.2 Å². The minimum absolute atomic E-state index is 0.294. The van der Waals surface area contributed by atoms with Crippen LogP contribution in [0.5, 0.6) is 5.75 Å². The van der Waals surface area contributed by atoms with Crippen LogP contribution in [0.15, 0.2) is 42.0 Å². The third-order valence-corrected chi connectivity index (χ3v) is 9.74. The molecular weight excluding hydrogens is 488 g/mol. The molecule has 3 aromatic rings. The molecule has 3 aliphatic rings. The number of carbonyl (C=O) groups excluding carboxylic acids is 2. The first kappa shape index (κ1) is 24.0. The Kier molecular flexibility index (Phi) is 5.94. The fourth-order valence-electron chi connectivity index (χ4n) is 5.93. The van der Waals surface area contributed by atoms with Crippen LogP contribution in [0.4, 0.5) is 0 Å². The summed E-state index contributed by atoms with van der Waals surface area (Å²) in [6.07, 6.45) is 9.71. The molecule has 37 heavy (non-hydrogen) atoms. The molecule has 8 heteroatoms. The molecule has 7 nitrogen and oxygen atoms in total. The van der Waals surface area contributed by atoms with Gasteiger partial charge in [-0.2, -0.15) is 0 Å². The van der Waals surface area contributed by atoms with Gasteiger partial charge in [0, 0.05) is 27.6 Å². The van der Waals surface area contributed by atoms with Crippen molar-refractivity contribution in [3.05, 3.63) is 58.7 Å². The van der Waals surface area contributed by atoms with Crippen LogP contribution in [0.25, 0.3) is 28.2 Å². The summed E-state index contributed by atoms with van der Waals surface area (Å²) in [4.78, 5) is 25.1. The highest BCUT2D eigenvalue weighted by atomic mass is 32.2. The van der Waals surface area contributed by atoms with Crippen molar-refractivity contribution < 1.29 is 22.7 Å². The molecule has 2 saturated carbocycles.